The van der Waals surface area contributed by atoms with Crippen molar-refractivity contribution in [2.45, 2.75) is 0 Å². The number of anilines is 1. The van der Waals surface area contributed by atoms with Gasteiger partial charge in [-0.1, -0.05) is 0 Å². The van der Waals surface area contributed by atoms with Crippen molar-refractivity contribution in [3.05, 3.63) is 16.3 Å². The molecule has 0 aliphatic carbocycles. The Balaban J connectivity index is 2.39. The van der Waals surface area contributed by atoms with Crippen molar-refractivity contribution in [3.63, 3.8) is 0 Å². The second kappa shape index (κ2) is 4.89. The van der Waals surface area contributed by atoms with Crippen LogP contribution in [0.3, 0.4) is 0 Å². The maximum absolute atomic E-state index is 11.7. The Morgan fingerprint density at radius 3 is 2.59 bits per heavy atom. The number of thiophene rings is 1. The highest BCUT2D eigenvalue weighted by atomic mass is 32.2. The van der Waals surface area contributed by atoms with Crippen LogP contribution in [0.2, 0.25) is 0 Å². The van der Waals surface area contributed by atoms with Gasteiger partial charge in [0.15, 0.2) is 0 Å². The SMILES string of the molecule is COC(=O)c1sccc1N1C(=O)CSCC1=O. The van der Waals surface area contributed by atoms with Crippen LogP contribution in [0.5, 0.6) is 0 Å². The lowest BCUT2D eigenvalue weighted by molar-refractivity contribution is -0.124. The molecule has 1 fully saturated rings. The zero-order valence-corrected chi connectivity index (χ0v) is 10.6. The average molecular weight is 271 g/mol. The van der Waals surface area contributed by atoms with Gasteiger partial charge in [-0.05, 0) is 11.4 Å². The Morgan fingerprint density at radius 2 is 2.00 bits per heavy atom. The van der Waals surface area contributed by atoms with E-state index in [9.17, 15) is 14.4 Å². The minimum atomic E-state index is -0.533. The Hall–Kier alpha value is -1.34. The second-order valence-electron chi connectivity index (χ2n) is 3.24. The lowest BCUT2D eigenvalue weighted by Crippen LogP contribution is -2.43. The summed E-state index contributed by atoms with van der Waals surface area (Å²) in [5.41, 5.74) is 0.331. The van der Waals surface area contributed by atoms with Crippen molar-refractivity contribution < 1.29 is 19.1 Å². The average Bonchev–Trinajstić information content (AvgIpc) is 2.77. The molecule has 7 heteroatoms. The Morgan fingerprint density at radius 1 is 1.35 bits per heavy atom. The largest absolute Gasteiger partial charge is 0.465 e. The molecule has 0 spiro atoms. The highest BCUT2D eigenvalue weighted by molar-refractivity contribution is 8.00. The number of rotatable bonds is 2. The molecule has 5 nitrogen and oxygen atoms in total. The van der Waals surface area contributed by atoms with E-state index in [1.54, 1.807) is 11.4 Å². The molecule has 0 aromatic carbocycles. The van der Waals surface area contributed by atoms with E-state index in [1.165, 1.54) is 18.9 Å². The van der Waals surface area contributed by atoms with Crippen molar-refractivity contribution in [2.24, 2.45) is 0 Å². The van der Waals surface area contributed by atoms with Gasteiger partial charge in [-0.2, -0.15) is 0 Å². The lowest BCUT2D eigenvalue weighted by atomic mass is 10.3. The Kier molecular flexibility index (Phi) is 3.49. The fraction of sp³-hybridized carbons (Fsp3) is 0.300. The first-order valence-electron chi connectivity index (χ1n) is 4.74. The maximum atomic E-state index is 11.7. The standard InChI is InChI=1S/C10H9NO4S2/c1-15-10(14)9-6(2-3-17-9)11-7(12)4-16-5-8(11)13/h2-3H,4-5H2,1H3. The summed E-state index contributed by atoms with van der Waals surface area (Å²) in [5, 5.41) is 1.66. The summed E-state index contributed by atoms with van der Waals surface area (Å²) in [5.74, 6) is -0.622. The topological polar surface area (TPSA) is 63.7 Å². The first-order chi connectivity index (χ1) is 8.15. The molecule has 2 amide bonds. The van der Waals surface area contributed by atoms with E-state index in [0.717, 1.165) is 16.2 Å². The van der Waals surface area contributed by atoms with E-state index in [-0.39, 0.29) is 28.2 Å². The molecular weight excluding hydrogens is 262 g/mol. The molecule has 1 saturated heterocycles. The molecule has 1 aliphatic rings. The molecular formula is C10H9NO4S2. The van der Waals surface area contributed by atoms with Gasteiger partial charge in [0.1, 0.15) is 4.88 Å². The number of ether oxygens (including phenoxy) is 1. The number of carbonyl (C=O) groups is 3. The van der Waals surface area contributed by atoms with Gasteiger partial charge in [-0.3, -0.25) is 9.59 Å². The summed E-state index contributed by atoms with van der Waals surface area (Å²) in [4.78, 5) is 36.2. The molecule has 0 N–H and O–H groups in total. The summed E-state index contributed by atoms with van der Waals surface area (Å²) in [6, 6.07) is 1.59. The molecule has 0 unspecified atom stereocenters. The van der Waals surface area contributed by atoms with Crippen LogP contribution in [0, 0.1) is 0 Å². The van der Waals surface area contributed by atoms with Crippen molar-refractivity contribution in [1.29, 1.82) is 0 Å². The number of nitrogens with zero attached hydrogens (tertiary/aromatic N) is 1. The van der Waals surface area contributed by atoms with Gasteiger partial charge < -0.3 is 4.74 Å². The minimum Gasteiger partial charge on any atom is -0.465 e. The van der Waals surface area contributed by atoms with Crippen LogP contribution in [0.15, 0.2) is 11.4 Å². The molecule has 0 radical (unpaired) electrons. The van der Waals surface area contributed by atoms with Gasteiger partial charge >= 0.3 is 5.97 Å². The van der Waals surface area contributed by atoms with Crippen LogP contribution in [0.4, 0.5) is 5.69 Å². The summed E-state index contributed by atoms with van der Waals surface area (Å²) in [7, 11) is 1.27. The Labute approximate surface area is 106 Å². The van der Waals surface area contributed by atoms with Gasteiger partial charge in [-0.15, -0.1) is 23.1 Å². The van der Waals surface area contributed by atoms with E-state index >= 15 is 0 Å². The van der Waals surface area contributed by atoms with Crippen LogP contribution < -0.4 is 4.90 Å². The van der Waals surface area contributed by atoms with E-state index in [0.29, 0.717) is 5.69 Å². The molecule has 1 aliphatic heterocycles. The van der Waals surface area contributed by atoms with Gasteiger partial charge in [0, 0.05) is 0 Å². The number of carbonyl (C=O) groups excluding carboxylic acids is 3. The van der Waals surface area contributed by atoms with Gasteiger partial charge in [0.25, 0.3) is 0 Å². The van der Waals surface area contributed by atoms with Crippen molar-refractivity contribution in [1.82, 2.24) is 0 Å². The number of hydrogen-bond acceptors (Lipinski definition) is 6. The van der Waals surface area contributed by atoms with Crippen molar-refractivity contribution in [2.75, 3.05) is 23.5 Å². The van der Waals surface area contributed by atoms with Gasteiger partial charge in [0.2, 0.25) is 11.8 Å². The van der Waals surface area contributed by atoms with Crippen LogP contribution in [-0.2, 0) is 14.3 Å². The van der Waals surface area contributed by atoms with Crippen LogP contribution in [-0.4, -0.2) is 36.4 Å². The van der Waals surface area contributed by atoms with Crippen molar-refractivity contribution >= 4 is 46.6 Å². The lowest BCUT2D eigenvalue weighted by Gasteiger charge is -2.24. The molecule has 2 rings (SSSR count). The monoisotopic (exact) mass is 271 g/mol. The van der Waals surface area contributed by atoms with Gasteiger partial charge in [0.05, 0.1) is 24.3 Å². The van der Waals surface area contributed by atoms with Crippen LogP contribution >= 0.6 is 23.1 Å². The number of thioether (sulfide) groups is 1. The number of methoxy groups -OCH3 is 1. The maximum Gasteiger partial charge on any atom is 0.350 e. The predicted molar refractivity (Wildman–Crippen MR) is 65.5 cm³/mol. The number of esters is 1. The zero-order chi connectivity index (χ0) is 12.4. The molecule has 1 aromatic heterocycles. The van der Waals surface area contributed by atoms with Crippen molar-refractivity contribution in [3.8, 4) is 0 Å². The number of amides is 2. The number of imide groups is 1. The highest BCUT2D eigenvalue weighted by Gasteiger charge is 2.31. The third kappa shape index (κ3) is 2.20. The molecule has 1 aromatic rings. The van der Waals surface area contributed by atoms with E-state index in [1.807, 2.05) is 0 Å². The molecule has 0 atom stereocenters. The smallest absolute Gasteiger partial charge is 0.350 e. The number of hydrogen-bond donors (Lipinski definition) is 0. The quantitative estimate of drug-likeness (QED) is 0.596. The molecule has 0 saturated carbocycles. The first-order valence-corrected chi connectivity index (χ1v) is 6.78. The molecule has 0 bridgehead atoms. The second-order valence-corrected chi connectivity index (χ2v) is 5.14. The Bertz CT molecular complexity index is 466. The minimum absolute atomic E-state index is 0.252. The molecule has 17 heavy (non-hydrogen) atoms. The van der Waals surface area contributed by atoms with E-state index in [4.69, 9.17) is 0 Å². The fourth-order valence-corrected chi connectivity index (χ4v) is 2.99. The third-order valence-electron chi connectivity index (χ3n) is 2.21. The summed E-state index contributed by atoms with van der Waals surface area (Å²) in [6.07, 6.45) is 0. The molecule has 2 heterocycles. The molecule has 90 valence electrons. The summed E-state index contributed by atoms with van der Waals surface area (Å²) < 4.78 is 4.61. The van der Waals surface area contributed by atoms with E-state index in [2.05, 4.69) is 4.74 Å². The normalized spacial score (nSPS) is 16.2. The van der Waals surface area contributed by atoms with E-state index < -0.39 is 5.97 Å². The summed E-state index contributed by atoms with van der Waals surface area (Å²) >= 11 is 2.43. The fourth-order valence-electron chi connectivity index (χ4n) is 1.49. The first kappa shape index (κ1) is 12.1. The third-order valence-corrected chi connectivity index (χ3v) is 3.99. The van der Waals surface area contributed by atoms with Gasteiger partial charge in [-0.25, -0.2) is 9.69 Å². The van der Waals surface area contributed by atoms with Crippen LogP contribution in [0.25, 0.3) is 0 Å². The van der Waals surface area contributed by atoms with Crippen LogP contribution in [0.1, 0.15) is 9.67 Å². The zero-order valence-electron chi connectivity index (χ0n) is 8.97. The summed E-state index contributed by atoms with van der Waals surface area (Å²) in [6.45, 7) is 0. The highest BCUT2D eigenvalue weighted by Crippen LogP contribution is 2.30. The predicted octanol–water partition coefficient (Wildman–Crippen LogP) is 1.14.